The van der Waals surface area contributed by atoms with Crippen molar-refractivity contribution in [2.45, 2.75) is 32.4 Å². The number of hydrogen-bond acceptors (Lipinski definition) is 6. The van der Waals surface area contributed by atoms with E-state index in [1.807, 2.05) is 17.0 Å². The Morgan fingerprint density at radius 1 is 1.11 bits per heavy atom. The molecule has 0 amide bonds. The Bertz CT molecular complexity index is 1400. The van der Waals surface area contributed by atoms with Crippen LogP contribution in [0.25, 0.3) is 16.7 Å². The summed E-state index contributed by atoms with van der Waals surface area (Å²) in [7, 11) is 0. The van der Waals surface area contributed by atoms with Gasteiger partial charge in [0.15, 0.2) is 0 Å². The van der Waals surface area contributed by atoms with Gasteiger partial charge in [-0.05, 0) is 67.8 Å². The second kappa shape index (κ2) is 10.2. The number of rotatable bonds is 6. The molecule has 2 fully saturated rings. The van der Waals surface area contributed by atoms with Crippen LogP contribution in [-0.2, 0) is 11.3 Å². The van der Waals surface area contributed by atoms with E-state index in [9.17, 15) is 0 Å². The van der Waals surface area contributed by atoms with Crippen LogP contribution in [0.1, 0.15) is 35.6 Å². The lowest BCUT2D eigenvalue weighted by Gasteiger charge is -2.27. The van der Waals surface area contributed by atoms with Crippen molar-refractivity contribution < 1.29 is 13.5 Å². The fourth-order valence-corrected chi connectivity index (χ4v) is 5.27. The maximum absolute atomic E-state index is 15.0. The van der Waals surface area contributed by atoms with Crippen molar-refractivity contribution in [1.82, 2.24) is 24.8 Å². The molecule has 7 nitrogen and oxygen atoms in total. The molecule has 0 radical (unpaired) electrons. The van der Waals surface area contributed by atoms with Crippen LogP contribution < -0.4 is 10.6 Å². The molecule has 4 aromatic rings. The van der Waals surface area contributed by atoms with Gasteiger partial charge in [0.25, 0.3) is 0 Å². The van der Waals surface area contributed by atoms with Gasteiger partial charge in [-0.2, -0.15) is 4.98 Å². The molecule has 1 unspecified atom stereocenters. The van der Waals surface area contributed by atoms with Gasteiger partial charge in [0, 0.05) is 54.7 Å². The van der Waals surface area contributed by atoms with E-state index in [0.717, 1.165) is 24.0 Å². The zero-order valence-corrected chi connectivity index (χ0v) is 20.8. The van der Waals surface area contributed by atoms with E-state index in [1.54, 1.807) is 17.0 Å². The number of benzene rings is 2. The minimum absolute atomic E-state index is 0.0747. The van der Waals surface area contributed by atoms with Crippen LogP contribution in [0.5, 0.6) is 0 Å². The van der Waals surface area contributed by atoms with Crippen molar-refractivity contribution in [2.75, 3.05) is 38.2 Å². The first kappa shape index (κ1) is 24.0. The molecule has 2 aromatic heterocycles. The quantitative estimate of drug-likeness (QED) is 0.385. The van der Waals surface area contributed by atoms with E-state index in [4.69, 9.17) is 4.74 Å². The Balaban J connectivity index is 1.26. The molecular formula is C28H30F2N6O. The molecule has 2 N–H and O–H groups in total. The first-order chi connectivity index (χ1) is 18.0. The van der Waals surface area contributed by atoms with Crippen LogP contribution in [-0.4, -0.2) is 52.3 Å². The molecule has 2 aliphatic heterocycles. The number of fused-ring (bicyclic) bond motifs is 1. The predicted molar refractivity (Wildman–Crippen MR) is 139 cm³/mol. The Morgan fingerprint density at radius 2 is 1.92 bits per heavy atom. The zero-order valence-electron chi connectivity index (χ0n) is 20.8. The molecule has 6 rings (SSSR count). The topological polar surface area (TPSA) is 67.2 Å². The number of aryl methyl sites for hydroxylation is 1. The van der Waals surface area contributed by atoms with Crippen molar-refractivity contribution in [3.05, 3.63) is 77.1 Å². The van der Waals surface area contributed by atoms with Gasteiger partial charge >= 0.3 is 0 Å². The molecule has 4 heterocycles. The molecular weight excluding hydrogens is 474 g/mol. The average Bonchev–Trinajstić information content (AvgIpc) is 3.57. The maximum Gasteiger partial charge on any atom is 0.229 e. The van der Waals surface area contributed by atoms with Gasteiger partial charge in [0.2, 0.25) is 5.95 Å². The monoisotopic (exact) mass is 504 g/mol. The van der Waals surface area contributed by atoms with E-state index >= 15 is 8.78 Å². The molecule has 0 bridgehead atoms. The third kappa shape index (κ3) is 4.94. The smallest absolute Gasteiger partial charge is 0.229 e. The summed E-state index contributed by atoms with van der Waals surface area (Å²) in [4.78, 5) is 11.1. The van der Waals surface area contributed by atoms with Crippen LogP contribution in [0, 0.1) is 18.6 Å². The van der Waals surface area contributed by atoms with Crippen molar-refractivity contribution >= 4 is 22.7 Å². The van der Waals surface area contributed by atoms with Crippen LogP contribution >= 0.6 is 0 Å². The minimum Gasteiger partial charge on any atom is -0.379 e. The lowest BCUT2D eigenvalue weighted by molar-refractivity contribution is 0.0332. The summed E-state index contributed by atoms with van der Waals surface area (Å²) in [5.41, 5.74) is 4.43. The average molecular weight is 505 g/mol. The van der Waals surface area contributed by atoms with Crippen LogP contribution in [0.15, 0.2) is 48.8 Å². The summed E-state index contributed by atoms with van der Waals surface area (Å²) in [6, 6.07) is 11.3. The van der Waals surface area contributed by atoms with Crippen LogP contribution in [0.2, 0.25) is 0 Å². The maximum atomic E-state index is 15.0. The van der Waals surface area contributed by atoms with Gasteiger partial charge in [-0.25, -0.2) is 13.8 Å². The lowest BCUT2D eigenvalue weighted by Crippen LogP contribution is -2.36. The number of hydrogen-bond donors (Lipinski definition) is 2. The Labute approximate surface area is 214 Å². The Hall–Kier alpha value is -3.40. The number of anilines is 2. The number of morpholine rings is 1. The highest BCUT2D eigenvalue weighted by Gasteiger charge is 2.20. The number of nitrogens with one attached hydrogen (secondary N) is 2. The molecule has 0 saturated carbocycles. The third-order valence-electron chi connectivity index (χ3n) is 7.28. The van der Waals surface area contributed by atoms with E-state index in [1.165, 1.54) is 29.7 Å². The molecule has 0 spiro atoms. The number of nitrogens with zero attached hydrogens (tertiary/aromatic N) is 4. The summed E-state index contributed by atoms with van der Waals surface area (Å²) in [6.07, 6.45) is 5.82. The van der Waals surface area contributed by atoms with Gasteiger partial charge in [0.05, 0.1) is 18.9 Å². The van der Waals surface area contributed by atoms with Gasteiger partial charge in [-0.15, -0.1) is 0 Å². The molecule has 9 heteroatoms. The first-order valence-electron chi connectivity index (χ1n) is 12.8. The van der Waals surface area contributed by atoms with Crippen molar-refractivity contribution in [2.24, 2.45) is 0 Å². The first-order valence-corrected chi connectivity index (χ1v) is 12.8. The Morgan fingerprint density at radius 3 is 2.65 bits per heavy atom. The van der Waals surface area contributed by atoms with E-state index < -0.39 is 11.6 Å². The van der Waals surface area contributed by atoms with Gasteiger partial charge in [-0.3, -0.25) is 4.90 Å². The summed E-state index contributed by atoms with van der Waals surface area (Å²) in [5.74, 6) is -0.713. The summed E-state index contributed by atoms with van der Waals surface area (Å²) < 4.78 is 37.1. The number of halogens is 2. The fraction of sp³-hybridized carbons (Fsp3) is 0.357. The molecule has 2 aromatic carbocycles. The van der Waals surface area contributed by atoms with Gasteiger partial charge < -0.3 is 19.9 Å². The summed E-state index contributed by atoms with van der Waals surface area (Å²) in [5, 5.41) is 7.61. The van der Waals surface area contributed by atoms with E-state index in [2.05, 4.69) is 39.7 Å². The molecule has 1 atom stereocenters. The van der Waals surface area contributed by atoms with E-state index in [0.29, 0.717) is 49.6 Å². The standard InChI is InChI=1S/C28H30F2N6O/c1-18-13-20(4-5-22(18)26-3-2-7-31-26)33-28-32-16-19-6-8-36(27(19)34-28)21-14-24(29)23(25(30)15-21)17-35-9-11-37-12-10-35/h4-6,8,13-16,26,31H,2-3,7,9-12,17H2,1H3,(H,32,33,34). The van der Waals surface area contributed by atoms with Crippen molar-refractivity contribution in [3.8, 4) is 5.69 Å². The zero-order chi connectivity index (χ0) is 25.4. The predicted octanol–water partition coefficient (Wildman–Crippen LogP) is 5.01. The Kier molecular flexibility index (Phi) is 6.58. The molecule has 37 heavy (non-hydrogen) atoms. The summed E-state index contributed by atoms with van der Waals surface area (Å²) >= 11 is 0. The van der Waals surface area contributed by atoms with Crippen LogP contribution in [0.3, 0.4) is 0 Å². The van der Waals surface area contributed by atoms with Crippen LogP contribution in [0.4, 0.5) is 20.4 Å². The fourth-order valence-electron chi connectivity index (χ4n) is 5.27. The minimum atomic E-state index is -0.567. The molecule has 2 saturated heterocycles. The second-order valence-electron chi connectivity index (χ2n) is 9.78. The van der Waals surface area contributed by atoms with Crippen molar-refractivity contribution in [3.63, 3.8) is 0 Å². The highest BCUT2D eigenvalue weighted by Crippen LogP contribution is 2.29. The number of aromatic nitrogens is 3. The van der Waals surface area contributed by atoms with Crippen molar-refractivity contribution in [1.29, 1.82) is 0 Å². The van der Waals surface area contributed by atoms with Gasteiger partial charge in [0.1, 0.15) is 17.3 Å². The van der Waals surface area contributed by atoms with Gasteiger partial charge in [-0.1, -0.05) is 6.07 Å². The molecule has 2 aliphatic rings. The SMILES string of the molecule is Cc1cc(Nc2ncc3ccn(-c4cc(F)c(CN5CCOCC5)c(F)c4)c3n2)ccc1C1CCCN1. The van der Waals surface area contributed by atoms with E-state index in [-0.39, 0.29) is 12.1 Å². The molecule has 192 valence electrons. The second-order valence-corrected chi connectivity index (χ2v) is 9.78. The highest BCUT2D eigenvalue weighted by molar-refractivity contribution is 5.79. The normalized spacial score (nSPS) is 18.5. The largest absolute Gasteiger partial charge is 0.379 e. The number of ether oxygens (including phenoxy) is 1. The molecule has 0 aliphatic carbocycles. The third-order valence-corrected chi connectivity index (χ3v) is 7.28. The summed E-state index contributed by atoms with van der Waals surface area (Å²) in [6.45, 7) is 5.87. The lowest BCUT2D eigenvalue weighted by atomic mass is 9.99. The highest BCUT2D eigenvalue weighted by atomic mass is 19.1.